The molecule has 0 saturated carbocycles. The molecule has 1 aromatic heterocycles. The maximum absolute atomic E-state index is 12.7. The third-order valence-corrected chi connectivity index (χ3v) is 6.05. The fourth-order valence-electron chi connectivity index (χ4n) is 4.17. The van der Waals surface area contributed by atoms with Crippen LogP contribution in [0.5, 0.6) is 0 Å². The second-order valence-electron chi connectivity index (χ2n) is 8.37. The van der Waals surface area contributed by atoms with Crippen molar-refractivity contribution in [3.8, 4) is 6.07 Å². The molecule has 3 heterocycles. The Balaban J connectivity index is 1.56. The van der Waals surface area contributed by atoms with Gasteiger partial charge in [-0.3, -0.25) is 4.79 Å². The second kappa shape index (κ2) is 10.3. The predicted octanol–water partition coefficient (Wildman–Crippen LogP) is 3.35. The number of nitriles is 1. The molecule has 1 amide bonds. The minimum Gasteiger partial charge on any atom is -0.459 e. The molecule has 1 N–H and O–H groups in total. The molecule has 8 nitrogen and oxygen atoms in total. The van der Waals surface area contributed by atoms with Crippen LogP contribution < -0.4 is 5.32 Å². The van der Waals surface area contributed by atoms with E-state index >= 15 is 0 Å². The Morgan fingerprint density at radius 1 is 1.30 bits per heavy atom. The van der Waals surface area contributed by atoms with E-state index in [0.717, 1.165) is 29.9 Å². The normalized spacial score (nSPS) is 18.2. The molecule has 1 saturated heterocycles. The van der Waals surface area contributed by atoms with Gasteiger partial charge in [0.2, 0.25) is 0 Å². The lowest BCUT2D eigenvalue weighted by Crippen LogP contribution is -2.49. The lowest BCUT2D eigenvalue weighted by atomic mass is 9.97. The van der Waals surface area contributed by atoms with Crippen molar-refractivity contribution in [3.05, 3.63) is 58.5 Å². The summed E-state index contributed by atoms with van der Waals surface area (Å²) in [6.45, 7) is 3.67. The van der Waals surface area contributed by atoms with Gasteiger partial charge in [-0.2, -0.15) is 5.26 Å². The molecule has 9 heteroatoms. The highest BCUT2D eigenvalue weighted by Gasteiger charge is 2.33. The molecule has 174 valence electrons. The zero-order valence-electron chi connectivity index (χ0n) is 18.9. The van der Waals surface area contributed by atoms with Gasteiger partial charge in [-0.15, -0.1) is 0 Å². The molecule has 1 atom stereocenters. The number of halogens is 1. The quantitative estimate of drug-likeness (QED) is 0.622. The van der Waals surface area contributed by atoms with E-state index in [1.54, 1.807) is 17.0 Å². The first-order valence-corrected chi connectivity index (χ1v) is 11.4. The first-order chi connectivity index (χ1) is 16.0. The van der Waals surface area contributed by atoms with Crippen molar-refractivity contribution < 1.29 is 13.9 Å². The Morgan fingerprint density at radius 2 is 2.09 bits per heavy atom. The summed E-state index contributed by atoms with van der Waals surface area (Å²) in [6.07, 6.45) is 1.82. The highest BCUT2D eigenvalue weighted by Crippen LogP contribution is 2.38. The summed E-state index contributed by atoms with van der Waals surface area (Å²) < 4.78 is 11.4. The molecule has 33 heavy (non-hydrogen) atoms. The van der Waals surface area contributed by atoms with Gasteiger partial charge < -0.3 is 29.2 Å². The van der Waals surface area contributed by atoms with Crippen LogP contribution in [0.2, 0.25) is 5.02 Å². The van der Waals surface area contributed by atoms with Crippen molar-refractivity contribution in [2.24, 2.45) is 0 Å². The molecule has 0 spiro atoms. The first kappa shape index (κ1) is 23.2. The molecule has 2 aliphatic rings. The average molecular weight is 470 g/mol. The maximum Gasteiger partial charge on any atom is 0.289 e. The molecule has 2 aromatic rings. The van der Waals surface area contributed by atoms with Gasteiger partial charge in [0.25, 0.3) is 5.91 Å². The van der Waals surface area contributed by atoms with E-state index in [1.165, 1.54) is 6.26 Å². The topological polar surface area (TPSA) is 85.0 Å². The molecule has 1 fully saturated rings. The number of hydrogen-bond donors (Lipinski definition) is 1. The zero-order valence-corrected chi connectivity index (χ0v) is 19.6. The Labute approximate surface area is 198 Å². The highest BCUT2D eigenvalue weighted by molar-refractivity contribution is 6.30. The summed E-state index contributed by atoms with van der Waals surface area (Å²) in [5.41, 5.74) is 3.09. The van der Waals surface area contributed by atoms with Crippen LogP contribution in [0, 0.1) is 11.3 Å². The Hall–Kier alpha value is -2.99. The van der Waals surface area contributed by atoms with Gasteiger partial charge in [-0.1, -0.05) is 11.6 Å². The van der Waals surface area contributed by atoms with Crippen LogP contribution in [0.3, 0.4) is 0 Å². The summed E-state index contributed by atoms with van der Waals surface area (Å²) in [5, 5.41) is 14.0. The maximum atomic E-state index is 12.7. The number of nitrogens with one attached hydrogen (secondary N) is 1. The van der Waals surface area contributed by atoms with E-state index in [-0.39, 0.29) is 5.91 Å². The van der Waals surface area contributed by atoms with Crippen LogP contribution in [0.1, 0.15) is 22.5 Å². The van der Waals surface area contributed by atoms with E-state index in [9.17, 15) is 10.1 Å². The zero-order chi connectivity index (χ0) is 23.4. The summed E-state index contributed by atoms with van der Waals surface area (Å²) >= 11 is 6.31. The van der Waals surface area contributed by atoms with Crippen LogP contribution in [0.25, 0.3) is 5.70 Å². The molecule has 0 aliphatic carbocycles. The van der Waals surface area contributed by atoms with Crippen molar-refractivity contribution in [2.75, 3.05) is 58.7 Å². The van der Waals surface area contributed by atoms with Crippen molar-refractivity contribution >= 4 is 28.9 Å². The van der Waals surface area contributed by atoms with Crippen molar-refractivity contribution in [1.82, 2.24) is 14.7 Å². The monoisotopic (exact) mass is 469 g/mol. The third kappa shape index (κ3) is 5.17. The SMILES string of the molecule is CN(C)CCCOC1Nc2ccc(Cl)cc2C(N2CCN(C(=O)c3ccco3)CC2)=C1C#N. The number of amides is 1. The standard InChI is InChI=1S/C24H28ClN5O3/c1-28(2)8-4-14-33-23-19(16-26)22(18-15-17(25)6-7-20(18)27-23)29-9-11-30(12-10-29)24(31)21-5-3-13-32-21/h3,5-7,13,15,23,27H,4,8-12,14H2,1-2H3. The number of anilines is 1. The number of carbonyl (C=O) groups excluding carboxylic acids is 1. The molecular formula is C24H28ClN5O3. The number of fused-ring (bicyclic) bond motifs is 1. The first-order valence-electron chi connectivity index (χ1n) is 11.0. The number of carbonyl (C=O) groups is 1. The van der Waals surface area contributed by atoms with Gasteiger partial charge in [0.1, 0.15) is 11.6 Å². The van der Waals surface area contributed by atoms with E-state index in [4.69, 9.17) is 20.8 Å². The number of hydrogen-bond acceptors (Lipinski definition) is 7. The summed E-state index contributed by atoms with van der Waals surface area (Å²) in [4.78, 5) is 18.7. The lowest BCUT2D eigenvalue weighted by molar-refractivity contribution is 0.0648. The van der Waals surface area contributed by atoms with E-state index < -0.39 is 6.23 Å². The smallest absolute Gasteiger partial charge is 0.289 e. The Kier molecular flexibility index (Phi) is 7.23. The van der Waals surface area contributed by atoms with E-state index in [0.29, 0.717) is 49.1 Å². The number of rotatable bonds is 7. The lowest BCUT2D eigenvalue weighted by Gasteiger charge is -2.40. The van der Waals surface area contributed by atoms with Crippen LogP contribution >= 0.6 is 11.6 Å². The van der Waals surface area contributed by atoms with Gasteiger partial charge in [-0.25, -0.2) is 0 Å². The number of benzene rings is 1. The van der Waals surface area contributed by atoms with Crippen molar-refractivity contribution in [3.63, 3.8) is 0 Å². The average Bonchev–Trinajstić information content (AvgIpc) is 3.35. The Morgan fingerprint density at radius 3 is 2.76 bits per heavy atom. The van der Waals surface area contributed by atoms with Gasteiger partial charge >= 0.3 is 0 Å². The number of nitrogens with zero attached hydrogens (tertiary/aromatic N) is 4. The molecule has 0 radical (unpaired) electrons. The number of piperazine rings is 1. The van der Waals surface area contributed by atoms with Crippen molar-refractivity contribution in [2.45, 2.75) is 12.6 Å². The van der Waals surface area contributed by atoms with E-state index in [2.05, 4.69) is 21.2 Å². The van der Waals surface area contributed by atoms with Gasteiger partial charge in [-0.05, 0) is 57.4 Å². The van der Waals surface area contributed by atoms with Crippen LogP contribution in [-0.4, -0.2) is 80.3 Å². The summed E-state index contributed by atoms with van der Waals surface area (Å²) in [7, 11) is 4.04. The van der Waals surface area contributed by atoms with Crippen LogP contribution in [0.4, 0.5) is 5.69 Å². The summed E-state index contributed by atoms with van der Waals surface area (Å²) in [5.74, 6) is 0.218. The molecule has 4 rings (SSSR count). The fraction of sp³-hybridized carbons (Fsp3) is 0.417. The molecule has 1 unspecified atom stereocenters. The molecule has 2 aliphatic heterocycles. The molecule has 0 bridgehead atoms. The second-order valence-corrected chi connectivity index (χ2v) is 8.81. The summed E-state index contributed by atoms with van der Waals surface area (Å²) in [6, 6.07) is 11.4. The minimum atomic E-state index is -0.538. The molecule has 1 aromatic carbocycles. The fourth-order valence-corrected chi connectivity index (χ4v) is 4.34. The van der Waals surface area contributed by atoms with E-state index in [1.807, 2.05) is 32.3 Å². The van der Waals surface area contributed by atoms with Crippen LogP contribution in [-0.2, 0) is 4.74 Å². The number of furan rings is 1. The van der Waals surface area contributed by atoms with Crippen molar-refractivity contribution in [1.29, 1.82) is 5.26 Å². The van der Waals surface area contributed by atoms with Gasteiger partial charge in [0.05, 0.1) is 18.6 Å². The van der Waals surface area contributed by atoms with Gasteiger partial charge in [0.15, 0.2) is 12.0 Å². The largest absolute Gasteiger partial charge is 0.459 e. The van der Waals surface area contributed by atoms with Gasteiger partial charge in [0, 0.05) is 42.5 Å². The minimum absolute atomic E-state index is 0.120. The number of ether oxygens (including phenoxy) is 1. The van der Waals surface area contributed by atoms with Crippen LogP contribution in [0.15, 0.2) is 46.6 Å². The third-order valence-electron chi connectivity index (χ3n) is 5.81. The highest BCUT2D eigenvalue weighted by atomic mass is 35.5. The molecular weight excluding hydrogens is 442 g/mol. The Bertz CT molecular complexity index is 1050. The predicted molar refractivity (Wildman–Crippen MR) is 127 cm³/mol.